The Morgan fingerprint density at radius 1 is 1.12 bits per heavy atom. The molecule has 0 N–H and O–H groups in total. The number of carbonyl (C=O) groups excluding carboxylic acids is 1. The van der Waals surface area contributed by atoms with E-state index in [0.29, 0.717) is 5.56 Å². The van der Waals surface area contributed by atoms with E-state index in [1.54, 1.807) is 0 Å². The molecule has 5 nitrogen and oxygen atoms in total. The fraction of sp³-hybridized carbons (Fsp3) is 0.321. The zero-order chi connectivity index (χ0) is 23.1. The number of imidazole rings is 1. The van der Waals surface area contributed by atoms with Crippen molar-refractivity contribution in [3.05, 3.63) is 82.3 Å². The van der Waals surface area contributed by atoms with E-state index in [0.717, 1.165) is 59.5 Å². The standard InChI is InChI=1S/C28H29N3O2/c1-5-25-30-26-17(2)15-18(3)29-27(26)31(25)24-12-8-9-19-16-20(13-14-22(19)24)21-10-6-7-11-23(21)28(32)33-4/h6-7,10-11,13-16,24H,5,8-9,12H2,1-4H3. The molecule has 0 fully saturated rings. The number of fused-ring (bicyclic) bond motifs is 2. The molecule has 0 bridgehead atoms. The Labute approximate surface area is 194 Å². The summed E-state index contributed by atoms with van der Waals surface area (Å²) < 4.78 is 7.38. The molecule has 5 heteroatoms. The largest absolute Gasteiger partial charge is 0.465 e. The van der Waals surface area contributed by atoms with Gasteiger partial charge >= 0.3 is 5.97 Å². The van der Waals surface area contributed by atoms with Crippen molar-refractivity contribution in [2.24, 2.45) is 0 Å². The van der Waals surface area contributed by atoms with Gasteiger partial charge in [-0.05, 0) is 73.1 Å². The summed E-state index contributed by atoms with van der Waals surface area (Å²) in [5.74, 6) is 0.777. The normalized spacial score (nSPS) is 15.5. The van der Waals surface area contributed by atoms with Gasteiger partial charge < -0.3 is 9.30 Å². The van der Waals surface area contributed by atoms with Crippen molar-refractivity contribution in [3.63, 3.8) is 0 Å². The summed E-state index contributed by atoms with van der Waals surface area (Å²) in [5, 5.41) is 0. The first kappa shape index (κ1) is 21.4. The minimum Gasteiger partial charge on any atom is -0.465 e. The Kier molecular flexibility index (Phi) is 5.49. The Hall–Kier alpha value is -3.47. The SMILES string of the molecule is CCc1nc2c(C)cc(C)nc2n1C1CCCc2cc(-c3ccccc3C(=O)OC)ccc21. The van der Waals surface area contributed by atoms with E-state index in [1.807, 2.05) is 24.3 Å². The Bertz CT molecular complexity index is 1370. The van der Waals surface area contributed by atoms with Gasteiger partial charge in [-0.15, -0.1) is 0 Å². The van der Waals surface area contributed by atoms with Gasteiger partial charge in [-0.2, -0.15) is 0 Å². The van der Waals surface area contributed by atoms with Gasteiger partial charge in [-0.25, -0.2) is 14.8 Å². The van der Waals surface area contributed by atoms with E-state index >= 15 is 0 Å². The van der Waals surface area contributed by atoms with E-state index in [9.17, 15) is 4.79 Å². The lowest BCUT2D eigenvalue weighted by atomic mass is 9.85. The lowest BCUT2D eigenvalue weighted by Gasteiger charge is -2.29. The van der Waals surface area contributed by atoms with E-state index in [4.69, 9.17) is 14.7 Å². The molecule has 2 heterocycles. The van der Waals surface area contributed by atoms with Crippen LogP contribution in [0.1, 0.15) is 64.4 Å². The van der Waals surface area contributed by atoms with Crippen molar-refractivity contribution >= 4 is 17.1 Å². The number of hydrogen-bond acceptors (Lipinski definition) is 4. The third-order valence-corrected chi connectivity index (χ3v) is 6.74. The molecule has 0 amide bonds. The zero-order valence-corrected chi connectivity index (χ0v) is 19.7. The van der Waals surface area contributed by atoms with Crippen LogP contribution in [-0.4, -0.2) is 27.6 Å². The van der Waals surface area contributed by atoms with E-state index in [-0.39, 0.29) is 12.0 Å². The summed E-state index contributed by atoms with van der Waals surface area (Å²) in [5.41, 5.74) is 9.40. The highest BCUT2D eigenvalue weighted by Crippen LogP contribution is 2.38. The highest BCUT2D eigenvalue weighted by molar-refractivity contribution is 5.97. The molecule has 2 aromatic heterocycles. The van der Waals surface area contributed by atoms with Crippen molar-refractivity contribution in [1.29, 1.82) is 0 Å². The van der Waals surface area contributed by atoms with Crippen LogP contribution in [0.3, 0.4) is 0 Å². The highest BCUT2D eigenvalue weighted by Gasteiger charge is 2.27. The fourth-order valence-corrected chi connectivity index (χ4v) is 5.25. The Morgan fingerprint density at radius 3 is 2.73 bits per heavy atom. The Morgan fingerprint density at radius 2 is 1.94 bits per heavy atom. The molecular formula is C28H29N3O2. The molecule has 0 aliphatic heterocycles. The van der Waals surface area contributed by atoms with Crippen LogP contribution in [0.2, 0.25) is 0 Å². The first-order valence-electron chi connectivity index (χ1n) is 11.7. The smallest absolute Gasteiger partial charge is 0.338 e. The molecule has 33 heavy (non-hydrogen) atoms. The van der Waals surface area contributed by atoms with Crippen molar-refractivity contribution in [2.75, 3.05) is 7.11 Å². The number of esters is 1. The average molecular weight is 440 g/mol. The second-order valence-electron chi connectivity index (χ2n) is 8.86. The molecular weight excluding hydrogens is 410 g/mol. The fourth-order valence-electron chi connectivity index (χ4n) is 5.25. The average Bonchev–Trinajstić information content (AvgIpc) is 3.21. The topological polar surface area (TPSA) is 57.0 Å². The molecule has 5 rings (SSSR count). The van der Waals surface area contributed by atoms with E-state index in [2.05, 4.69) is 49.6 Å². The zero-order valence-electron chi connectivity index (χ0n) is 19.7. The number of pyridine rings is 1. The maximum absolute atomic E-state index is 12.3. The first-order valence-corrected chi connectivity index (χ1v) is 11.7. The molecule has 1 aliphatic carbocycles. The number of rotatable bonds is 4. The van der Waals surface area contributed by atoms with Crippen molar-refractivity contribution in [3.8, 4) is 11.1 Å². The summed E-state index contributed by atoms with van der Waals surface area (Å²) in [4.78, 5) is 22.2. The second kappa shape index (κ2) is 8.47. The molecule has 0 spiro atoms. The molecule has 0 radical (unpaired) electrons. The van der Waals surface area contributed by atoms with Gasteiger partial charge in [0.25, 0.3) is 0 Å². The molecule has 2 aromatic carbocycles. The monoisotopic (exact) mass is 439 g/mol. The summed E-state index contributed by atoms with van der Waals surface area (Å²) >= 11 is 0. The van der Waals surface area contributed by atoms with Crippen molar-refractivity contribution in [2.45, 2.75) is 52.5 Å². The van der Waals surface area contributed by atoms with Crippen LogP contribution in [0.4, 0.5) is 0 Å². The minimum absolute atomic E-state index is 0.215. The van der Waals surface area contributed by atoms with Gasteiger partial charge in [0.1, 0.15) is 11.3 Å². The maximum Gasteiger partial charge on any atom is 0.338 e. The summed E-state index contributed by atoms with van der Waals surface area (Å²) in [6.07, 6.45) is 4.07. The van der Waals surface area contributed by atoms with Gasteiger partial charge in [0, 0.05) is 12.1 Å². The number of nitrogens with zero attached hydrogens (tertiary/aromatic N) is 3. The van der Waals surface area contributed by atoms with E-state index < -0.39 is 0 Å². The lowest BCUT2D eigenvalue weighted by molar-refractivity contribution is 0.0601. The third kappa shape index (κ3) is 3.62. The predicted molar refractivity (Wildman–Crippen MR) is 131 cm³/mol. The van der Waals surface area contributed by atoms with Gasteiger partial charge in [0.2, 0.25) is 0 Å². The second-order valence-corrected chi connectivity index (χ2v) is 8.86. The summed E-state index contributed by atoms with van der Waals surface area (Å²) in [6, 6.07) is 16.6. The van der Waals surface area contributed by atoms with Gasteiger partial charge in [-0.3, -0.25) is 0 Å². The number of benzene rings is 2. The number of hydrogen-bond donors (Lipinski definition) is 0. The number of methoxy groups -OCH3 is 1. The van der Waals surface area contributed by atoms with Crippen LogP contribution in [0.5, 0.6) is 0 Å². The highest BCUT2D eigenvalue weighted by atomic mass is 16.5. The van der Waals surface area contributed by atoms with Gasteiger partial charge in [-0.1, -0.05) is 43.3 Å². The number of ether oxygens (including phenoxy) is 1. The molecule has 168 valence electrons. The summed E-state index contributed by atoms with van der Waals surface area (Å²) in [6.45, 7) is 6.33. The molecule has 0 saturated heterocycles. The van der Waals surface area contributed by atoms with E-state index in [1.165, 1.54) is 23.8 Å². The van der Waals surface area contributed by atoms with Crippen LogP contribution in [0.25, 0.3) is 22.3 Å². The van der Waals surface area contributed by atoms with Gasteiger partial charge in [0.15, 0.2) is 5.65 Å². The van der Waals surface area contributed by atoms with Crippen LogP contribution in [0.15, 0.2) is 48.5 Å². The van der Waals surface area contributed by atoms with Crippen LogP contribution in [0, 0.1) is 13.8 Å². The minimum atomic E-state index is -0.310. The maximum atomic E-state index is 12.3. The molecule has 1 aliphatic rings. The summed E-state index contributed by atoms with van der Waals surface area (Å²) in [7, 11) is 1.43. The van der Waals surface area contributed by atoms with Crippen LogP contribution >= 0.6 is 0 Å². The quantitative estimate of drug-likeness (QED) is 0.367. The number of aryl methyl sites for hydroxylation is 4. The molecule has 1 atom stereocenters. The molecule has 0 saturated carbocycles. The molecule has 1 unspecified atom stereocenters. The van der Waals surface area contributed by atoms with Crippen LogP contribution < -0.4 is 0 Å². The Balaban J connectivity index is 1.64. The number of carbonyl (C=O) groups is 1. The van der Waals surface area contributed by atoms with Crippen molar-refractivity contribution < 1.29 is 9.53 Å². The molecule has 4 aromatic rings. The van der Waals surface area contributed by atoms with Gasteiger partial charge in [0.05, 0.1) is 18.7 Å². The van der Waals surface area contributed by atoms with Crippen LogP contribution in [-0.2, 0) is 17.6 Å². The number of aromatic nitrogens is 3. The van der Waals surface area contributed by atoms with Crippen molar-refractivity contribution in [1.82, 2.24) is 14.5 Å². The first-order chi connectivity index (χ1) is 16.0. The predicted octanol–water partition coefficient (Wildman–Crippen LogP) is 5.99. The third-order valence-electron chi connectivity index (χ3n) is 6.74. The lowest BCUT2D eigenvalue weighted by Crippen LogP contribution is -2.19.